The third kappa shape index (κ3) is 3.57. The van der Waals surface area contributed by atoms with Crippen molar-refractivity contribution >= 4 is 14.2 Å². The van der Waals surface area contributed by atoms with Gasteiger partial charge in [0.2, 0.25) is 0 Å². The molecule has 2 aliphatic rings. The Balaban J connectivity index is 1.99. The molecule has 0 aromatic heterocycles. The van der Waals surface area contributed by atoms with Crippen molar-refractivity contribution in [2.24, 2.45) is 0 Å². The number of carbonyl (C=O) groups excluding carboxylic acids is 1. The van der Waals surface area contributed by atoms with E-state index in [0.29, 0.717) is 0 Å². The molecule has 1 aliphatic carbocycles. The molecule has 1 aliphatic heterocycles. The van der Waals surface area contributed by atoms with Crippen LogP contribution < -0.4 is 0 Å². The van der Waals surface area contributed by atoms with Gasteiger partial charge in [0.1, 0.15) is 0 Å². The van der Waals surface area contributed by atoms with E-state index in [1.165, 1.54) is 0 Å². The Morgan fingerprint density at radius 2 is 2.00 bits per heavy atom. The first-order valence-corrected chi connectivity index (χ1v) is 12.9. The molecular formula is C23H33NO2Si. The Bertz CT molecular complexity index is 734. The Hall–Kier alpha value is -1.65. The summed E-state index contributed by atoms with van der Waals surface area (Å²) in [4.78, 5) is 15.5. The number of benzene rings is 1. The predicted octanol–water partition coefficient (Wildman–Crippen LogP) is 5.57. The van der Waals surface area contributed by atoms with E-state index < -0.39 is 13.9 Å². The third-order valence-corrected chi connectivity index (χ3v) is 11.1. The SMILES string of the molecule is C=CCC1N(C(=O)c2ccccc2)C2CC=CC1(O[Si](C)(C)C(C)(C)C)C2. The van der Waals surface area contributed by atoms with Crippen LogP contribution in [0.4, 0.5) is 0 Å². The van der Waals surface area contributed by atoms with Crippen molar-refractivity contribution in [3.8, 4) is 0 Å². The van der Waals surface area contributed by atoms with Gasteiger partial charge in [-0.3, -0.25) is 4.79 Å². The van der Waals surface area contributed by atoms with Crippen molar-refractivity contribution < 1.29 is 9.22 Å². The minimum Gasteiger partial charge on any atom is -0.406 e. The van der Waals surface area contributed by atoms with Gasteiger partial charge in [0, 0.05) is 18.0 Å². The second-order valence-electron chi connectivity index (χ2n) is 9.43. The molecule has 0 radical (unpaired) electrons. The van der Waals surface area contributed by atoms with E-state index in [0.717, 1.165) is 24.8 Å². The number of fused-ring (bicyclic) bond motifs is 2. The monoisotopic (exact) mass is 383 g/mol. The summed E-state index contributed by atoms with van der Waals surface area (Å²) >= 11 is 0. The minimum absolute atomic E-state index is 0.000538. The molecule has 1 aromatic rings. The second-order valence-corrected chi connectivity index (χ2v) is 14.2. The molecule has 1 saturated heterocycles. The van der Waals surface area contributed by atoms with Crippen molar-refractivity contribution in [1.29, 1.82) is 0 Å². The molecule has 3 nitrogen and oxygen atoms in total. The Kier molecular flexibility index (Phi) is 5.26. The molecule has 3 atom stereocenters. The van der Waals surface area contributed by atoms with Gasteiger partial charge in [0.15, 0.2) is 8.32 Å². The van der Waals surface area contributed by atoms with Crippen LogP contribution >= 0.6 is 0 Å². The van der Waals surface area contributed by atoms with Gasteiger partial charge in [-0.25, -0.2) is 0 Å². The highest BCUT2D eigenvalue weighted by Gasteiger charge is 2.57. The molecule has 1 aromatic carbocycles. The van der Waals surface area contributed by atoms with Gasteiger partial charge in [0.05, 0.1) is 11.6 Å². The van der Waals surface area contributed by atoms with Crippen molar-refractivity contribution in [2.45, 2.75) is 75.9 Å². The van der Waals surface area contributed by atoms with E-state index in [9.17, 15) is 4.79 Å². The molecule has 0 spiro atoms. The van der Waals surface area contributed by atoms with Crippen LogP contribution in [0.25, 0.3) is 0 Å². The van der Waals surface area contributed by atoms with Gasteiger partial charge in [-0.1, -0.05) is 57.2 Å². The number of amides is 1. The zero-order valence-corrected chi connectivity index (χ0v) is 18.4. The van der Waals surface area contributed by atoms with Crippen molar-refractivity contribution in [3.63, 3.8) is 0 Å². The first-order chi connectivity index (χ1) is 12.6. The normalized spacial score (nSPS) is 27.7. The van der Waals surface area contributed by atoms with Crippen LogP contribution in [0, 0.1) is 0 Å². The summed E-state index contributed by atoms with van der Waals surface area (Å²) in [6, 6.07) is 9.81. The van der Waals surface area contributed by atoms with E-state index in [-0.39, 0.29) is 23.0 Å². The van der Waals surface area contributed by atoms with Crippen molar-refractivity contribution in [2.75, 3.05) is 0 Å². The molecule has 1 amide bonds. The second kappa shape index (κ2) is 7.06. The van der Waals surface area contributed by atoms with Crippen LogP contribution in [0.3, 0.4) is 0 Å². The van der Waals surface area contributed by atoms with Crippen LogP contribution in [0.1, 0.15) is 50.4 Å². The Labute approximate surface area is 165 Å². The van der Waals surface area contributed by atoms with E-state index in [1.54, 1.807) is 0 Å². The lowest BCUT2D eigenvalue weighted by molar-refractivity contribution is 0.0448. The van der Waals surface area contributed by atoms with Gasteiger partial charge < -0.3 is 9.33 Å². The lowest BCUT2D eigenvalue weighted by Crippen LogP contribution is -2.55. The predicted molar refractivity (Wildman–Crippen MR) is 114 cm³/mol. The number of likely N-dealkylation sites (tertiary alicyclic amines) is 1. The molecule has 3 rings (SSSR count). The van der Waals surface area contributed by atoms with Crippen LogP contribution in [-0.4, -0.2) is 36.8 Å². The molecule has 27 heavy (non-hydrogen) atoms. The van der Waals surface area contributed by atoms with E-state index in [1.807, 2.05) is 36.4 Å². The van der Waals surface area contributed by atoms with Crippen LogP contribution in [0.15, 0.2) is 55.1 Å². The number of hydrogen-bond donors (Lipinski definition) is 0. The van der Waals surface area contributed by atoms with E-state index in [4.69, 9.17) is 4.43 Å². The summed E-state index contributed by atoms with van der Waals surface area (Å²) in [5.74, 6) is 0.108. The molecule has 3 unspecified atom stereocenters. The number of carbonyl (C=O) groups is 1. The lowest BCUT2D eigenvalue weighted by atomic mass is 9.87. The van der Waals surface area contributed by atoms with Crippen molar-refractivity contribution in [3.05, 3.63) is 60.7 Å². The molecule has 1 heterocycles. The van der Waals surface area contributed by atoms with Gasteiger partial charge in [-0.15, -0.1) is 6.58 Å². The standard InChI is InChI=1S/C23H33NO2Si/c1-7-12-20-23(26-27(5,6)22(2,3)4)16-11-15-19(17-23)24(20)21(25)18-13-9-8-10-14-18/h7-11,13-14,16,19-20H,1,12,15,17H2,2-6H3. The quantitative estimate of drug-likeness (QED) is 0.491. The highest BCUT2D eigenvalue weighted by atomic mass is 28.4. The smallest absolute Gasteiger partial charge is 0.254 e. The number of rotatable bonds is 5. The minimum atomic E-state index is -2.00. The maximum Gasteiger partial charge on any atom is 0.254 e. The third-order valence-electron chi connectivity index (χ3n) is 6.55. The van der Waals surface area contributed by atoms with Gasteiger partial charge in [-0.2, -0.15) is 0 Å². The number of nitrogens with zero attached hydrogens (tertiary/aromatic N) is 1. The fourth-order valence-electron chi connectivity index (χ4n) is 4.17. The number of hydrogen-bond acceptors (Lipinski definition) is 2. The first-order valence-electron chi connectivity index (χ1n) is 9.98. The molecular weight excluding hydrogens is 350 g/mol. The Morgan fingerprint density at radius 1 is 1.33 bits per heavy atom. The molecule has 1 fully saturated rings. The van der Waals surface area contributed by atoms with Crippen LogP contribution in [0.5, 0.6) is 0 Å². The fraction of sp³-hybridized carbons (Fsp3) is 0.522. The van der Waals surface area contributed by atoms with E-state index >= 15 is 0 Å². The zero-order valence-electron chi connectivity index (χ0n) is 17.4. The molecule has 0 N–H and O–H groups in total. The largest absolute Gasteiger partial charge is 0.406 e. The van der Waals surface area contributed by atoms with Gasteiger partial charge in [-0.05, 0) is 43.1 Å². The highest BCUT2D eigenvalue weighted by Crippen LogP contribution is 2.49. The topological polar surface area (TPSA) is 29.5 Å². The van der Waals surface area contributed by atoms with Crippen LogP contribution in [0.2, 0.25) is 18.1 Å². The molecule has 4 heteroatoms. The lowest BCUT2D eigenvalue weighted by Gasteiger charge is -2.46. The van der Waals surface area contributed by atoms with Gasteiger partial charge in [0.25, 0.3) is 5.91 Å². The average molecular weight is 384 g/mol. The fourth-order valence-corrected chi connectivity index (χ4v) is 5.72. The molecule has 2 bridgehead atoms. The van der Waals surface area contributed by atoms with Gasteiger partial charge >= 0.3 is 0 Å². The summed E-state index contributed by atoms with van der Waals surface area (Å²) in [6.45, 7) is 15.4. The van der Waals surface area contributed by atoms with Crippen LogP contribution in [-0.2, 0) is 4.43 Å². The average Bonchev–Trinajstić information content (AvgIpc) is 2.80. The zero-order chi connectivity index (χ0) is 19.9. The van der Waals surface area contributed by atoms with Crippen molar-refractivity contribution in [1.82, 2.24) is 4.90 Å². The summed E-state index contributed by atoms with van der Waals surface area (Å²) in [7, 11) is -2.00. The highest BCUT2D eigenvalue weighted by molar-refractivity contribution is 6.74. The summed E-state index contributed by atoms with van der Waals surface area (Å²) in [6.07, 6.45) is 8.92. The van der Waals surface area contributed by atoms with E-state index in [2.05, 4.69) is 57.5 Å². The maximum atomic E-state index is 13.4. The Morgan fingerprint density at radius 3 is 2.59 bits per heavy atom. The summed E-state index contributed by atoms with van der Waals surface area (Å²) < 4.78 is 7.01. The molecule has 146 valence electrons. The summed E-state index contributed by atoms with van der Waals surface area (Å²) in [5.41, 5.74) is 0.353. The summed E-state index contributed by atoms with van der Waals surface area (Å²) in [5, 5.41) is 0.123. The maximum absolute atomic E-state index is 13.4. The first kappa shape index (κ1) is 20.1. The molecule has 0 saturated carbocycles.